The summed E-state index contributed by atoms with van der Waals surface area (Å²) in [6.45, 7) is 7.40. The summed E-state index contributed by atoms with van der Waals surface area (Å²) < 4.78 is 0.993. The molecule has 0 atom stereocenters. The van der Waals surface area contributed by atoms with Gasteiger partial charge < -0.3 is 10.2 Å². The van der Waals surface area contributed by atoms with Gasteiger partial charge in [0.05, 0.1) is 0 Å². The Labute approximate surface area is 158 Å². The number of amides is 1. The van der Waals surface area contributed by atoms with Crippen LogP contribution in [0.3, 0.4) is 0 Å². The van der Waals surface area contributed by atoms with Crippen molar-refractivity contribution < 1.29 is 4.79 Å². The summed E-state index contributed by atoms with van der Waals surface area (Å²) in [5, 5.41) is 2.95. The second-order valence-corrected chi connectivity index (χ2v) is 7.55. The zero-order valence-corrected chi connectivity index (χ0v) is 16.3. The van der Waals surface area contributed by atoms with E-state index in [0.29, 0.717) is 5.56 Å². The summed E-state index contributed by atoms with van der Waals surface area (Å²) in [7, 11) is 2.16. The Balaban J connectivity index is 1.59. The first kappa shape index (κ1) is 18.1. The van der Waals surface area contributed by atoms with E-state index in [4.69, 9.17) is 0 Å². The predicted molar refractivity (Wildman–Crippen MR) is 106 cm³/mol. The number of benzene rings is 2. The maximum absolute atomic E-state index is 12.4. The average molecular weight is 402 g/mol. The van der Waals surface area contributed by atoms with Gasteiger partial charge in [0.1, 0.15) is 0 Å². The number of likely N-dealkylation sites (N-methyl/N-ethyl adjacent to an activating group) is 1. The van der Waals surface area contributed by atoms with Crippen LogP contribution in [0, 0.1) is 6.92 Å². The normalized spacial score (nSPS) is 16.0. The van der Waals surface area contributed by atoms with Crippen molar-refractivity contribution in [3.8, 4) is 0 Å². The molecule has 1 N–H and O–H groups in total. The van der Waals surface area contributed by atoms with Crippen molar-refractivity contribution in [2.75, 3.05) is 38.5 Å². The number of rotatable bonds is 4. The van der Waals surface area contributed by atoms with Gasteiger partial charge in [0.15, 0.2) is 0 Å². The summed E-state index contributed by atoms with van der Waals surface area (Å²) in [5.41, 5.74) is 3.87. The third-order valence-corrected chi connectivity index (χ3v) is 5.50. The van der Waals surface area contributed by atoms with E-state index in [-0.39, 0.29) is 5.91 Å². The van der Waals surface area contributed by atoms with Crippen molar-refractivity contribution in [3.63, 3.8) is 0 Å². The molecule has 0 radical (unpaired) electrons. The molecular weight excluding hydrogens is 378 g/mol. The van der Waals surface area contributed by atoms with Crippen molar-refractivity contribution >= 4 is 27.5 Å². The van der Waals surface area contributed by atoms with Crippen molar-refractivity contribution in [2.24, 2.45) is 0 Å². The first-order valence-corrected chi connectivity index (χ1v) is 9.38. The quantitative estimate of drug-likeness (QED) is 0.846. The molecule has 0 unspecified atom stereocenters. The summed E-state index contributed by atoms with van der Waals surface area (Å²) in [5.74, 6) is -0.0816. The number of hydrogen-bond acceptors (Lipinski definition) is 3. The fourth-order valence-corrected chi connectivity index (χ4v) is 3.28. The van der Waals surface area contributed by atoms with E-state index in [0.717, 1.165) is 48.4 Å². The van der Waals surface area contributed by atoms with Gasteiger partial charge in [-0.2, -0.15) is 0 Å². The van der Waals surface area contributed by atoms with Crippen molar-refractivity contribution in [1.82, 2.24) is 9.80 Å². The molecule has 0 aromatic heterocycles. The maximum Gasteiger partial charge on any atom is 0.255 e. The van der Waals surface area contributed by atoms with Crippen LogP contribution in [0.1, 0.15) is 21.5 Å². The van der Waals surface area contributed by atoms with Gasteiger partial charge in [-0.15, -0.1) is 0 Å². The largest absolute Gasteiger partial charge is 0.322 e. The molecule has 1 amide bonds. The van der Waals surface area contributed by atoms with Crippen LogP contribution >= 0.6 is 15.9 Å². The van der Waals surface area contributed by atoms with Crippen molar-refractivity contribution in [3.05, 3.63) is 63.6 Å². The van der Waals surface area contributed by atoms with Crippen LogP contribution in [0.4, 0.5) is 5.69 Å². The Morgan fingerprint density at radius 3 is 2.40 bits per heavy atom. The average Bonchev–Trinajstić information content (AvgIpc) is 2.61. The lowest BCUT2D eigenvalue weighted by Gasteiger charge is -2.32. The fraction of sp³-hybridized carbons (Fsp3) is 0.350. The van der Waals surface area contributed by atoms with Gasteiger partial charge in [0, 0.05) is 48.4 Å². The molecule has 0 aliphatic carbocycles. The van der Waals surface area contributed by atoms with E-state index in [2.05, 4.69) is 50.2 Å². The molecule has 1 aliphatic heterocycles. The minimum absolute atomic E-state index is 0.0816. The van der Waals surface area contributed by atoms with E-state index < -0.39 is 0 Å². The van der Waals surface area contributed by atoms with Crippen LogP contribution in [0.5, 0.6) is 0 Å². The highest BCUT2D eigenvalue weighted by molar-refractivity contribution is 9.10. The number of nitrogens with one attached hydrogen (secondary N) is 1. The lowest BCUT2D eigenvalue weighted by Crippen LogP contribution is -2.43. The van der Waals surface area contributed by atoms with Crippen LogP contribution in [-0.2, 0) is 6.54 Å². The number of halogens is 1. The molecule has 132 valence electrons. The van der Waals surface area contributed by atoms with Gasteiger partial charge in [0.2, 0.25) is 0 Å². The van der Waals surface area contributed by atoms with Crippen LogP contribution < -0.4 is 5.32 Å². The molecule has 4 nitrogen and oxygen atoms in total. The molecule has 2 aromatic rings. The zero-order valence-electron chi connectivity index (χ0n) is 14.8. The minimum atomic E-state index is -0.0816. The number of piperazine rings is 1. The lowest BCUT2D eigenvalue weighted by atomic mass is 10.1. The second kappa shape index (κ2) is 8.13. The molecular formula is C20H24BrN3O. The van der Waals surface area contributed by atoms with E-state index >= 15 is 0 Å². The highest BCUT2D eigenvalue weighted by Crippen LogP contribution is 2.21. The molecule has 1 heterocycles. The van der Waals surface area contributed by atoms with Gasteiger partial charge in [-0.3, -0.25) is 9.69 Å². The van der Waals surface area contributed by atoms with Crippen LogP contribution in [0.2, 0.25) is 0 Å². The topological polar surface area (TPSA) is 35.6 Å². The molecule has 1 aliphatic rings. The maximum atomic E-state index is 12.4. The van der Waals surface area contributed by atoms with E-state index in [9.17, 15) is 4.79 Å². The Morgan fingerprint density at radius 2 is 1.76 bits per heavy atom. The summed E-state index contributed by atoms with van der Waals surface area (Å²) in [4.78, 5) is 17.2. The Kier molecular flexibility index (Phi) is 5.89. The first-order chi connectivity index (χ1) is 12.0. The smallest absolute Gasteiger partial charge is 0.255 e. The van der Waals surface area contributed by atoms with Crippen molar-refractivity contribution in [2.45, 2.75) is 13.5 Å². The molecule has 2 aromatic carbocycles. The van der Waals surface area contributed by atoms with E-state index in [1.807, 2.05) is 37.3 Å². The third-order valence-electron chi connectivity index (χ3n) is 4.65. The predicted octanol–water partition coefficient (Wildman–Crippen LogP) is 3.76. The third kappa shape index (κ3) is 4.91. The standard InChI is InChI=1S/C20H24BrN3O/c1-15-3-8-18(13-19(15)21)22-20(25)17-6-4-16(5-7-17)14-24-11-9-23(2)10-12-24/h3-8,13H,9-12,14H2,1-2H3,(H,22,25). The number of hydrogen-bond donors (Lipinski definition) is 1. The first-order valence-electron chi connectivity index (χ1n) is 8.58. The van der Waals surface area contributed by atoms with Gasteiger partial charge in [0.25, 0.3) is 5.91 Å². The molecule has 0 bridgehead atoms. The zero-order chi connectivity index (χ0) is 17.8. The summed E-state index contributed by atoms with van der Waals surface area (Å²) in [6, 6.07) is 13.7. The molecule has 1 fully saturated rings. The number of carbonyl (C=O) groups is 1. The molecule has 1 saturated heterocycles. The van der Waals surface area contributed by atoms with E-state index in [1.54, 1.807) is 0 Å². The van der Waals surface area contributed by atoms with Crippen LogP contribution in [0.15, 0.2) is 46.9 Å². The SMILES string of the molecule is Cc1ccc(NC(=O)c2ccc(CN3CCN(C)CC3)cc2)cc1Br. The number of carbonyl (C=O) groups excluding carboxylic acids is 1. The number of nitrogens with zero attached hydrogens (tertiary/aromatic N) is 2. The summed E-state index contributed by atoms with van der Waals surface area (Å²) in [6.07, 6.45) is 0. The Bertz CT molecular complexity index is 737. The molecule has 3 rings (SSSR count). The molecule has 5 heteroatoms. The lowest BCUT2D eigenvalue weighted by molar-refractivity contribution is 0.102. The van der Waals surface area contributed by atoms with Crippen LogP contribution in [-0.4, -0.2) is 48.9 Å². The highest BCUT2D eigenvalue weighted by atomic mass is 79.9. The van der Waals surface area contributed by atoms with Gasteiger partial charge in [-0.25, -0.2) is 0 Å². The molecule has 25 heavy (non-hydrogen) atoms. The van der Waals surface area contributed by atoms with Gasteiger partial charge in [-0.05, 0) is 49.4 Å². The highest BCUT2D eigenvalue weighted by Gasteiger charge is 2.14. The second-order valence-electron chi connectivity index (χ2n) is 6.69. The fourth-order valence-electron chi connectivity index (χ4n) is 2.90. The monoisotopic (exact) mass is 401 g/mol. The minimum Gasteiger partial charge on any atom is -0.322 e. The van der Waals surface area contributed by atoms with Crippen LogP contribution in [0.25, 0.3) is 0 Å². The molecule has 0 saturated carbocycles. The Hall–Kier alpha value is -1.69. The van der Waals surface area contributed by atoms with Gasteiger partial charge >= 0.3 is 0 Å². The Morgan fingerprint density at radius 1 is 1.08 bits per heavy atom. The van der Waals surface area contributed by atoms with Gasteiger partial charge in [-0.1, -0.05) is 34.1 Å². The van der Waals surface area contributed by atoms with Crippen molar-refractivity contribution in [1.29, 1.82) is 0 Å². The van der Waals surface area contributed by atoms with E-state index in [1.165, 1.54) is 5.56 Å². The molecule has 0 spiro atoms. The number of anilines is 1. The number of aryl methyl sites for hydroxylation is 1. The summed E-state index contributed by atoms with van der Waals surface area (Å²) >= 11 is 3.49.